The summed E-state index contributed by atoms with van der Waals surface area (Å²) >= 11 is 0. The fourth-order valence-corrected chi connectivity index (χ4v) is 2.43. The number of rotatable bonds is 6. The Labute approximate surface area is 117 Å². The summed E-state index contributed by atoms with van der Waals surface area (Å²) in [4.78, 5) is 7.88. The highest BCUT2D eigenvalue weighted by atomic mass is 32.2. The first kappa shape index (κ1) is 14.5. The minimum Gasteiger partial charge on any atom is -0.478 e. The van der Waals surface area contributed by atoms with Crippen molar-refractivity contribution in [1.29, 1.82) is 0 Å². The Kier molecular flexibility index (Phi) is 4.35. The van der Waals surface area contributed by atoms with E-state index in [-0.39, 0.29) is 11.4 Å². The Balaban J connectivity index is 2.08. The summed E-state index contributed by atoms with van der Waals surface area (Å²) in [6, 6.07) is 2.95. The number of nitrogens with zero attached hydrogens (tertiary/aromatic N) is 2. The average Bonchev–Trinajstić information content (AvgIpc) is 2.83. The topological polar surface area (TPSA) is 94.3 Å². The van der Waals surface area contributed by atoms with Gasteiger partial charge in [0.15, 0.2) is 6.39 Å². The summed E-state index contributed by atoms with van der Waals surface area (Å²) in [5, 5.41) is 0. The van der Waals surface area contributed by atoms with Gasteiger partial charge in [-0.1, -0.05) is 0 Å². The highest BCUT2D eigenvalue weighted by Gasteiger charge is 2.16. The van der Waals surface area contributed by atoms with Crippen molar-refractivity contribution in [2.45, 2.75) is 25.3 Å². The van der Waals surface area contributed by atoms with Gasteiger partial charge in [0.1, 0.15) is 10.7 Å². The van der Waals surface area contributed by atoms with Gasteiger partial charge < -0.3 is 9.15 Å². The van der Waals surface area contributed by atoms with E-state index < -0.39 is 10.0 Å². The van der Waals surface area contributed by atoms with Gasteiger partial charge in [-0.2, -0.15) is 0 Å². The van der Waals surface area contributed by atoms with Gasteiger partial charge in [-0.25, -0.2) is 23.1 Å². The molecule has 0 saturated heterocycles. The van der Waals surface area contributed by atoms with Crippen molar-refractivity contribution in [2.75, 3.05) is 6.61 Å². The molecule has 0 aliphatic carbocycles. The molecule has 0 aromatic carbocycles. The Bertz CT molecular complexity index is 664. The molecule has 8 heteroatoms. The third kappa shape index (κ3) is 3.34. The third-order valence-corrected chi connectivity index (χ3v) is 3.97. The Hall–Kier alpha value is -1.93. The summed E-state index contributed by atoms with van der Waals surface area (Å²) < 4.78 is 36.8. The number of pyridine rings is 1. The zero-order valence-electron chi connectivity index (χ0n) is 11.2. The maximum atomic E-state index is 12.1. The fraction of sp³-hybridized carbons (Fsp3) is 0.333. The van der Waals surface area contributed by atoms with Crippen LogP contribution in [0, 0.1) is 6.92 Å². The molecule has 2 rings (SSSR count). The molecule has 7 nitrogen and oxygen atoms in total. The number of aryl methyl sites for hydroxylation is 1. The fourth-order valence-electron chi connectivity index (χ4n) is 1.50. The standard InChI is InChI=1S/C12H15N3O4S/c1-3-18-12-5-4-10(6-13-12)20(16,17)15-7-11-9(2)14-8-19-11/h4-6,8,15H,3,7H2,1-2H3. The van der Waals surface area contributed by atoms with E-state index in [4.69, 9.17) is 9.15 Å². The number of sulfonamides is 1. The number of nitrogens with one attached hydrogen (secondary N) is 1. The molecular weight excluding hydrogens is 282 g/mol. The van der Waals surface area contributed by atoms with Gasteiger partial charge in [-0.3, -0.25) is 0 Å². The zero-order chi connectivity index (χ0) is 14.6. The number of hydrogen-bond donors (Lipinski definition) is 1. The van der Waals surface area contributed by atoms with E-state index in [1.165, 1.54) is 24.7 Å². The smallest absolute Gasteiger partial charge is 0.242 e. The Morgan fingerprint density at radius 3 is 2.70 bits per heavy atom. The molecule has 2 aromatic rings. The van der Waals surface area contributed by atoms with Gasteiger partial charge in [0.2, 0.25) is 15.9 Å². The molecule has 0 aliphatic rings. The largest absolute Gasteiger partial charge is 0.478 e. The molecule has 2 heterocycles. The summed E-state index contributed by atoms with van der Waals surface area (Å²) in [5.74, 6) is 0.866. The van der Waals surface area contributed by atoms with Crippen LogP contribution in [0.4, 0.5) is 0 Å². The van der Waals surface area contributed by atoms with E-state index in [9.17, 15) is 8.42 Å². The van der Waals surface area contributed by atoms with Crippen molar-refractivity contribution in [1.82, 2.24) is 14.7 Å². The quantitative estimate of drug-likeness (QED) is 0.862. The van der Waals surface area contributed by atoms with Crippen LogP contribution < -0.4 is 9.46 Å². The van der Waals surface area contributed by atoms with Crippen molar-refractivity contribution in [3.63, 3.8) is 0 Å². The lowest BCUT2D eigenvalue weighted by atomic mass is 10.4. The lowest BCUT2D eigenvalue weighted by molar-refractivity contribution is 0.326. The number of ether oxygens (including phenoxy) is 1. The molecule has 0 bridgehead atoms. The van der Waals surface area contributed by atoms with Gasteiger partial charge in [0.05, 0.1) is 25.0 Å². The first-order chi connectivity index (χ1) is 9.53. The number of aromatic nitrogens is 2. The van der Waals surface area contributed by atoms with E-state index in [0.29, 0.717) is 23.9 Å². The van der Waals surface area contributed by atoms with Crippen LogP contribution in [0.3, 0.4) is 0 Å². The van der Waals surface area contributed by atoms with E-state index in [1.54, 1.807) is 6.92 Å². The predicted octanol–water partition coefficient (Wildman–Crippen LogP) is 1.26. The van der Waals surface area contributed by atoms with Crippen molar-refractivity contribution in [2.24, 2.45) is 0 Å². The van der Waals surface area contributed by atoms with Crippen LogP contribution in [-0.4, -0.2) is 25.0 Å². The molecule has 0 aliphatic heterocycles. The van der Waals surface area contributed by atoms with Crippen molar-refractivity contribution >= 4 is 10.0 Å². The van der Waals surface area contributed by atoms with Crippen LogP contribution in [0.5, 0.6) is 5.88 Å². The first-order valence-corrected chi connectivity index (χ1v) is 7.48. The summed E-state index contributed by atoms with van der Waals surface area (Å²) in [5.41, 5.74) is 0.650. The second kappa shape index (κ2) is 6.02. The molecule has 0 radical (unpaired) electrons. The van der Waals surface area contributed by atoms with E-state index in [1.807, 2.05) is 6.92 Å². The SMILES string of the molecule is CCOc1ccc(S(=O)(=O)NCc2ocnc2C)cn1. The normalized spacial score (nSPS) is 11.5. The molecule has 0 spiro atoms. The van der Waals surface area contributed by atoms with Crippen LogP contribution in [0.1, 0.15) is 18.4 Å². The maximum absolute atomic E-state index is 12.1. The molecule has 0 fully saturated rings. The molecule has 0 saturated carbocycles. The molecule has 2 aromatic heterocycles. The molecule has 108 valence electrons. The first-order valence-electron chi connectivity index (χ1n) is 6.00. The summed E-state index contributed by atoms with van der Waals surface area (Å²) in [6.45, 7) is 4.09. The van der Waals surface area contributed by atoms with Crippen LogP contribution >= 0.6 is 0 Å². The van der Waals surface area contributed by atoms with Gasteiger partial charge in [-0.15, -0.1) is 0 Å². The van der Waals surface area contributed by atoms with Crippen molar-refractivity contribution < 1.29 is 17.6 Å². The third-order valence-electron chi connectivity index (χ3n) is 2.58. The Morgan fingerprint density at radius 2 is 2.15 bits per heavy atom. The minimum atomic E-state index is -3.64. The van der Waals surface area contributed by atoms with Gasteiger partial charge in [0.25, 0.3) is 0 Å². The molecule has 0 amide bonds. The lowest BCUT2D eigenvalue weighted by Crippen LogP contribution is -2.23. The van der Waals surface area contributed by atoms with Crippen LogP contribution in [0.25, 0.3) is 0 Å². The molecular formula is C12H15N3O4S. The maximum Gasteiger partial charge on any atom is 0.242 e. The number of hydrogen-bond acceptors (Lipinski definition) is 6. The van der Waals surface area contributed by atoms with E-state index >= 15 is 0 Å². The molecule has 1 N–H and O–H groups in total. The highest BCUT2D eigenvalue weighted by molar-refractivity contribution is 7.89. The Morgan fingerprint density at radius 1 is 1.35 bits per heavy atom. The minimum absolute atomic E-state index is 0.0430. The second-order valence-electron chi connectivity index (χ2n) is 3.95. The zero-order valence-corrected chi connectivity index (χ0v) is 12.0. The average molecular weight is 297 g/mol. The van der Waals surface area contributed by atoms with Crippen LogP contribution in [-0.2, 0) is 16.6 Å². The highest BCUT2D eigenvalue weighted by Crippen LogP contribution is 2.13. The summed E-state index contributed by atoms with van der Waals surface area (Å²) in [6.07, 6.45) is 2.53. The van der Waals surface area contributed by atoms with E-state index in [2.05, 4.69) is 14.7 Å². The summed E-state index contributed by atoms with van der Waals surface area (Å²) in [7, 11) is -3.64. The number of oxazole rings is 1. The molecule has 0 unspecified atom stereocenters. The van der Waals surface area contributed by atoms with Gasteiger partial charge >= 0.3 is 0 Å². The van der Waals surface area contributed by atoms with Crippen molar-refractivity contribution in [3.05, 3.63) is 36.2 Å². The van der Waals surface area contributed by atoms with Crippen LogP contribution in [0.15, 0.2) is 34.0 Å². The lowest BCUT2D eigenvalue weighted by Gasteiger charge is -2.06. The van der Waals surface area contributed by atoms with Gasteiger partial charge in [-0.05, 0) is 19.9 Å². The predicted molar refractivity (Wildman–Crippen MR) is 70.7 cm³/mol. The van der Waals surface area contributed by atoms with Crippen molar-refractivity contribution in [3.8, 4) is 5.88 Å². The molecule has 20 heavy (non-hydrogen) atoms. The van der Waals surface area contributed by atoms with Crippen LogP contribution in [0.2, 0.25) is 0 Å². The second-order valence-corrected chi connectivity index (χ2v) is 5.72. The van der Waals surface area contributed by atoms with Gasteiger partial charge in [0, 0.05) is 6.07 Å². The monoisotopic (exact) mass is 297 g/mol. The molecule has 0 atom stereocenters. The van der Waals surface area contributed by atoms with E-state index in [0.717, 1.165) is 0 Å².